The molecular weight excluding hydrogens is 536 g/mol. The number of rotatable bonds is 2. The normalized spacial score (nSPS) is 17.4. The van der Waals surface area contributed by atoms with Crippen LogP contribution in [0.4, 0.5) is 26.3 Å². The van der Waals surface area contributed by atoms with Crippen molar-refractivity contribution in [3.63, 3.8) is 0 Å². The second-order valence-corrected chi connectivity index (χ2v) is 9.77. The molecule has 2 aliphatic rings. The number of carboxylic acids is 2. The summed E-state index contributed by atoms with van der Waals surface area (Å²) in [5.74, 6) is -3.31. The Bertz CT molecular complexity index is 1110. The number of aromatic nitrogens is 3. The summed E-state index contributed by atoms with van der Waals surface area (Å²) in [5.41, 5.74) is 4.34. The van der Waals surface area contributed by atoms with Gasteiger partial charge in [0.1, 0.15) is 11.6 Å². The van der Waals surface area contributed by atoms with Gasteiger partial charge in [-0.2, -0.15) is 26.3 Å². The SMILES string of the molecule is Cc1cc(C)cc(CN2CCC3(CC2)CN(C)Cc2nnc(C)n23)c1.O=C(O)C(F)(F)F.O=C(O)C(F)(F)F. The molecule has 0 atom stereocenters. The third-order valence-electron chi connectivity index (χ3n) is 6.30. The Labute approximate surface area is 221 Å². The van der Waals surface area contributed by atoms with E-state index < -0.39 is 24.3 Å². The average molecular weight is 568 g/mol. The van der Waals surface area contributed by atoms with E-state index in [0.717, 1.165) is 44.4 Å². The molecule has 9 nitrogen and oxygen atoms in total. The highest BCUT2D eigenvalue weighted by molar-refractivity contribution is 5.73. The third kappa shape index (κ3) is 8.92. The fourth-order valence-corrected chi connectivity index (χ4v) is 4.92. The lowest BCUT2D eigenvalue weighted by molar-refractivity contribution is -0.193. The van der Waals surface area contributed by atoms with Crippen molar-refractivity contribution in [3.8, 4) is 0 Å². The lowest BCUT2D eigenvalue weighted by atomic mass is 9.84. The molecule has 218 valence electrons. The molecule has 1 spiro atoms. The highest BCUT2D eigenvalue weighted by Gasteiger charge is 2.43. The zero-order valence-electron chi connectivity index (χ0n) is 21.9. The number of likely N-dealkylation sites (N-methyl/N-ethyl adjacent to an activating group) is 1. The molecule has 39 heavy (non-hydrogen) atoms. The van der Waals surface area contributed by atoms with Gasteiger partial charge in [-0.05, 0) is 46.2 Å². The molecule has 1 fully saturated rings. The number of carboxylic acid groups (broad SMARTS) is 2. The Balaban J connectivity index is 0.000000317. The highest BCUT2D eigenvalue weighted by Crippen LogP contribution is 2.36. The van der Waals surface area contributed by atoms with Crippen LogP contribution in [0.2, 0.25) is 0 Å². The molecule has 0 aliphatic carbocycles. The molecule has 0 bridgehead atoms. The summed E-state index contributed by atoms with van der Waals surface area (Å²) in [5, 5.41) is 23.0. The number of likely N-dealkylation sites (tertiary alicyclic amines) is 1. The Morgan fingerprint density at radius 3 is 1.79 bits per heavy atom. The standard InChI is InChI=1S/C20H29N5.2C2HF3O2/c1-15-9-16(2)11-18(10-15)12-24-7-5-20(6-8-24)14-23(4)13-19-22-21-17(3)25(19)20;2*3-2(4,5)1(6)7/h9-11H,5-8,12-14H2,1-4H3;2*(H,6,7). The fraction of sp³-hybridized carbons (Fsp3) is 0.583. The van der Waals surface area contributed by atoms with Gasteiger partial charge in [-0.3, -0.25) is 9.80 Å². The first-order valence-electron chi connectivity index (χ1n) is 11.8. The van der Waals surface area contributed by atoms with Crippen LogP contribution >= 0.6 is 0 Å². The molecule has 1 saturated heterocycles. The van der Waals surface area contributed by atoms with Crippen molar-refractivity contribution in [3.05, 3.63) is 46.5 Å². The van der Waals surface area contributed by atoms with Gasteiger partial charge >= 0.3 is 24.3 Å². The van der Waals surface area contributed by atoms with Gasteiger partial charge in [0.2, 0.25) is 0 Å². The molecule has 0 amide bonds. The van der Waals surface area contributed by atoms with Crippen molar-refractivity contribution in [1.82, 2.24) is 24.6 Å². The van der Waals surface area contributed by atoms with E-state index in [-0.39, 0.29) is 5.54 Å². The molecule has 1 aromatic carbocycles. The minimum atomic E-state index is -5.08. The van der Waals surface area contributed by atoms with Gasteiger partial charge in [0.25, 0.3) is 0 Å². The van der Waals surface area contributed by atoms with Crippen LogP contribution in [0.1, 0.15) is 41.2 Å². The molecule has 0 unspecified atom stereocenters. The van der Waals surface area contributed by atoms with Crippen LogP contribution in [0.15, 0.2) is 18.2 Å². The van der Waals surface area contributed by atoms with Crippen molar-refractivity contribution >= 4 is 11.9 Å². The van der Waals surface area contributed by atoms with Crippen LogP contribution in [0, 0.1) is 20.8 Å². The van der Waals surface area contributed by atoms with E-state index in [2.05, 4.69) is 70.6 Å². The lowest BCUT2D eigenvalue weighted by Gasteiger charge is -2.48. The number of piperidine rings is 1. The second kappa shape index (κ2) is 12.3. The Morgan fingerprint density at radius 1 is 0.897 bits per heavy atom. The number of aliphatic carboxylic acids is 2. The number of halogens is 6. The first-order valence-corrected chi connectivity index (χ1v) is 11.8. The maximum atomic E-state index is 10.6. The van der Waals surface area contributed by atoms with Gasteiger partial charge in [0, 0.05) is 26.2 Å². The zero-order valence-corrected chi connectivity index (χ0v) is 21.9. The summed E-state index contributed by atoms with van der Waals surface area (Å²) < 4.78 is 65.9. The number of carbonyl (C=O) groups is 2. The molecule has 1 aromatic heterocycles. The molecule has 15 heteroatoms. The first kappa shape index (κ1) is 32.0. The number of hydrogen-bond donors (Lipinski definition) is 2. The van der Waals surface area contributed by atoms with E-state index in [0.29, 0.717) is 0 Å². The highest BCUT2D eigenvalue weighted by atomic mass is 19.4. The molecule has 3 heterocycles. The van der Waals surface area contributed by atoms with E-state index in [4.69, 9.17) is 19.8 Å². The zero-order chi connectivity index (χ0) is 29.8. The lowest BCUT2D eigenvalue weighted by Crippen LogP contribution is -2.55. The van der Waals surface area contributed by atoms with E-state index >= 15 is 0 Å². The van der Waals surface area contributed by atoms with Crippen molar-refractivity contribution < 1.29 is 46.1 Å². The Morgan fingerprint density at radius 2 is 1.36 bits per heavy atom. The number of alkyl halides is 6. The summed E-state index contributed by atoms with van der Waals surface area (Å²) in [6.07, 6.45) is -7.82. The van der Waals surface area contributed by atoms with Crippen LogP contribution in [0.25, 0.3) is 0 Å². The van der Waals surface area contributed by atoms with Crippen LogP contribution < -0.4 is 0 Å². The van der Waals surface area contributed by atoms with Crippen molar-refractivity contribution in [2.45, 2.75) is 64.6 Å². The quantitative estimate of drug-likeness (QED) is 0.526. The average Bonchev–Trinajstić information content (AvgIpc) is 3.15. The summed E-state index contributed by atoms with van der Waals surface area (Å²) in [7, 11) is 2.21. The third-order valence-corrected chi connectivity index (χ3v) is 6.30. The largest absolute Gasteiger partial charge is 0.490 e. The molecule has 2 N–H and O–H groups in total. The number of fused-ring (bicyclic) bond motifs is 2. The van der Waals surface area contributed by atoms with Gasteiger partial charge in [-0.15, -0.1) is 10.2 Å². The van der Waals surface area contributed by atoms with Crippen LogP contribution in [0.3, 0.4) is 0 Å². The minimum absolute atomic E-state index is 0.176. The van der Waals surface area contributed by atoms with Crippen molar-refractivity contribution in [1.29, 1.82) is 0 Å². The molecule has 4 rings (SSSR count). The number of aryl methyl sites for hydroxylation is 3. The van der Waals surface area contributed by atoms with Gasteiger partial charge in [-0.25, -0.2) is 9.59 Å². The molecule has 2 aromatic rings. The summed E-state index contributed by atoms with van der Waals surface area (Å²) >= 11 is 0. The molecule has 2 aliphatic heterocycles. The Hall–Kier alpha value is -3.20. The maximum Gasteiger partial charge on any atom is 0.490 e. The topological polar surface area (TPSA) is 112 Å². The van der Waals surface area contributed by atoms with E-state index in [1.165, 1.54) is 29.5 Å². The van der Waals surface area contributed by atoms with E-state index in [9.17, 15) is 26.3 Å². The van der Waals surface area contributed by atoms with Gasteiger partial charge in [0.05, 0.1) is 12.1 Å². The molecule has 0 saturated carbocycles. The van der Waals surface area contributed by atoms with Crippen LogP contribution in [0.5, 0.6) is 0 Å². The maximum absolute atomic E-state index is 10.6. The summed E-state index contributed by atoms with van der Waals surface area (Å²) in [6, 6.07) is 6.91. The van der Waals surface area contributed by atoms with E-state index in [1.807, 2.05) is 0 Å². The van der Waals surface area contributed by atoms with Gasteiger partial charge < -0.3 is 14.8 Å². The van der Waals surface area contributed by atoms with E-state index in [1.54, 1.807) is 0 Å². The Kier molecular flexibility index (Phi) is 10.1. The number of benzene rings is 1. The molecular formula is C24H31F6N5O4. The van der Waals surface area contributed by atoms with Crippen molar-refractivity contribution in [2.24, 2.45) is 0 Å². The molecule has 0 radical (unpaired) electrons. The monoisotopic (exact) mass is 567 g/mol. The van der Waals surface area contributed by atoms with Crippen LogP contribution in [-0.2, 0) is 28.2 Å². The minimum Gasteiger partial charge on any atom is -0.475 e. The van der Waals surface area contributed by atoms with Crippen LogP contribution in [-0.4, -0.2) is 85.8 Å². The summed E-state index contributed by atoms with van der Waals surface area (Å²) in [6.45, 7) is 11.8. The summed E-state index contributed by atoms with van der Waals surface area (Å²) in [4.78, 5) is 22.8. The first-order chi connectivity index (χ1) is 17.8. The predicted molar refractivity (Wildman–Crippen MR) is 127 cm³/mol. The van der Waals surface area contributed by atoms with Gasteiger partial charge in [-0.1, -0.05) is 29.3 Å². The number of hydrogen-bond acceptors (Lipinski definition) is 6. The number of nitrogens with zero attached hydrogens (tertiary/aromatic N) is 5. The fourth-order valence-electron chi connectivity index (χ4n) is 4.92. The van der Waals surface area contributed by atoms with Crippen molar-refractivity contribution in [2.75, 3.05) is 26.7 Å². The smallest absolute Gasteiger partial charge is 0.475 e. The second-order valence-electron chi connectivity index (χ2n) is 9.77. The van der Waals surface area contributed by atoms with Gasteiger partial charge in [0.15, 0.2) is 0 Å². The predicted octanol–water partition coefficient (Wildman–Crippen LogP) is 3.91.